The van der Waals surface area contributed by atoms with E-state index in [1.807, 2.05) is 24.3 Å². The zero-order valence-electron chi connectivity index (χ0n) is 14.8. The maximum absolute atomic E-state index is 12.1. The van der Waals surface area contributed by atoms with E-state index in [-0.39, 0.29) is 12.3 Å². The molecule has 0 bridgehead atoms. The van der Waals surface area contributed by atoms with E-state index in [1.54, 1.807) is 31.4 Å². The molecule has 0 heterocycles. The molecule has 5 nitrogen and oxygen atoms in total. The van der Waals surface area contributed by atoms with Crippen LogP contribution in [0.15, 0.2) is 60.1 Å². The second-order valence-corrected chi connectivity index (χ2v) is 5.88. The third-order valence-corrected chi connectivity index (χ3v) is 3.83. The lowest BCUT2D eigenvalue weighted by Gasteiger charge is -2.08. The zero-order valence-corrected chi connectivity index (χ0v) is 15.5. The molecule has 26 heavy (non-hydrogen) atoms. The van der Waals surface area contributed by atoms with Gasteiger partial charge < -0.3 is 14.8 Å². The van der Waals surface area contributed by atoms with Crippen molar-refractivity contribution in [2.24, 2.45) is 4.99 Å². The Bertz CT molecular complexity index is 801. The molecule has 0 spiro atoms. The molecule has 0 fully saturated rings. The maximum Gasteiger partial charge on any atom is 0.224 e. The number of carbonyl (C=O) groups excluding carboxylic acids is 1. The number of carbonyl (C=O) groups is 1. The number of rotatable bonds is 7. The van der Waals surface area contributed by atoms with Crippen LogP contribution in [0.4, 0.5) is 5.69 Å². The van der Waals surface area contributed by atoms with E-state index in [2.05, 4.69) is 16.9 Å². The second kappa shape index (κ2) is 9.63. The third-order valence-electron chi connectivity index (χ3n) is 3.59. The van der Waals surface area contributed by atoms with Gasteiger partial charge in [-0.3, -0.25) is 4.79 Å². The lowest BCUT2D eigenvalue weighted by atomic mass is 10.1. The molecule has 0 aliphatic rings. The molecule has 6 heteroatoms. The lowest BCUT2D eigenvalue weighted by molar-refractivity contribution is -0.116. The molecular weight excluding hydrogens is 352 g/mol. The minimum absolute atomic E-state index is 0.146. The molecule has 0 aliphatic heterocycles. The number of anilines is 1. The number of ether oxygens (including phenoxy) is 2. The number of hydrogen-bond acceptors (Lipinski definition) is 4. The number of nitrogens with zero attached hydrogens (tertiary/aromatic N) is 1. The summed E-state index contributed by atoms with van der Waals surface area (Å²) in [5.41, 5.74) is 2.06. The predicted molar refractivity (Wildman–Crippen MR) is 106 cm³/mol. The summed E-state index contributed by atoms with van der Waals surface area (Å²) >= 11 is 5.90. The van der Waals surface area contributed by atoms with Gasteiger partial charge in [-0.25, -0.2) is 4.99 Å². The monoisotopic (exact) mass is 372 g/mol. The van der Waals surface area contributed by atoms with Crippen molar-refractivity contribution < 1.29 is 14.3 Å². The van der Waals surface area contributed by atoms with Crippen LogP contribution in [0.5, 0.6) is 5.75 Å². The number of aliphatic imine (C=N–C) groups is 1. The Hall–Kier alpha value is -2.79. The summed E-state index contributed by atoms with van der Waals surface area (Å²) in [5.74, 6) is 1.05. The van der Waals surface area contributed by atoms with Gasteiger partial charge in [0.2, 0.25) is 5.91 Å². The minimum Gasteiger partial charge on any atom is -0.497 e. The van der Waals surface area contributed by atoms with Crippen molar-refractivity contribution in [3.63, 3.8) is 0 Å². The SMILES string of the molecule is C=C(N=C(CCC(=O)Nc1cccc(Cl)c1)OC)c1ccc(OC)cc1. The van der Waals surface area contributed by atoms with E-state index in [0.29, 0.717) is 28.7 Å². The van der Waals surface area contributed by atoms with Crippen LogP contribution in [-0.4, -0.2) is 26.0 Å². The van der Waals surface area contributed by atoms with Crippen LogP contribution < -0.4 is 10.1 Å². The summed E-state index contributed by atoms with van der Waals surface area (Å²) in [6, 6.07) is 14.4. The quantitative estimate of drug-likeness (QED) is 0.561. The topological polar surface area (TPSA) is 59.9 Å². The van der Waals surface area contributed by atoms with E-state index in [1.165, 1.54) is 7.11 Å². The normalized spacial score (nSPS) is 11.0. The van der Waals surface area contributed by atoms with E-state index < -0.39 is 0 Å². The smallest absolute Gasteiger partial charge is 0.224 e. The number of amides is 1. The number of nitrogens with one attached hydrogen (secondary N) is 1. The van der Waals surface area contributed by atoms with Gasteiger partial charge in [-0.2, -0.15) is 0 Å². The van der Waals surface area contributed by atoms with E-state index in [0.717, 1.165) is 11.3 Å². The van der Waals surface area contributed by atoms with Crippen LogP contribution in [0.25, 0.3) is 5.70 Å². The number of methoxy groups -OCH3 is 2. The highest BCUT2D eigenvalue weighted by molar-refractivity contribution is 6.30. The van der Waals surface area contributed by atoms with Gasteiger partial charge in [-0.1, -0.05) is 24.2 Å². The fourth-order valence-corrected chi connectivity index (χ4v) is 2.40. The van der Waals surface area contributed by atoms with Crippen LogP contribution in [0.1, 0.15) is 18.4 Å². The lowest BCUT2D eigenvalue weighted by Crippen LogP contribution is -2.14. The molecule has 0 saturated carbocycles. The van der Waals surface area contributed by atoms with Gasteiger partial charge in [0.05, 0.1) is 19.9 Å². The van der Waals surface area contributed by atoms with Gasteiger partial charge >= 0.3 is 0 Å². The third kappa shape index (κ3) is 5.93. The molecule has 2 rings (SSSR count). The highest BCUT2D eigenvalue weighted by atomic mass is 35.5. The van der Waals surface area contributed by atoms with Crippen LogP contribution in [0.2, 0.25) is 5.02 Å². The Morgan fingerprint density at radius 1 is 1.15 bits per heavy atom. The molecule has 2 aromatic carbocycles. The fraction of sp³-hybridized carbons (Fsp3) is 0.200. The molecule has 0 aliphatic carbocycles. The van der Waals surface area contributed by atoms with Gasteiger partial charge in [0.1, 0.15) is 5.75 Å². The summed E-state index contributed by atoms with van der Waals surface area (Å²) in [5, 5.41) is 3.36. The summed E-state index contributed by atoms with van der Waals surface area (Å²) in [6.45, 7) is 3.95. The van der Waals surface area contributed by atoms with Crippen LogP contribution in [-0.2, 0) is 9.53 Å². The minimum atomic E-state index is -0.146. The first-order chi connectivity index (χ1) is 12.5. The summed E-state index contributed by atoms with van der Waals surface area (Å²) in [4.78, 5) is 16.4. The maximum atomic E-state index is 12.1. The largest absolute Gasteiger partial charge is 0.497 e. The van der Waals surface area contributed by atoms with Gasteiger partial charge in [-0.05, 0) is 48.0 Å². The number of hydrogen-bond donors (Lipinski definition) is 1. The molecule has 0 saturated heterocycles. The van der Waals surface area contributed by atoms with Crippen molar-refractivity contribution in [3.05, 3.63) is 65.7 Å². The first kappa shape index (κ1) is 19.5. The highest BCUT2D eigenvalue weighted by Gasteiger charge is 2.08. The number of halogens is 1. The van der Waals surface area contributed by atoms with Crippen LogP contribution >= 0.6 is 11.6 Å². The van der Waals surface area contributed by atoms with Gasteiger partial charge in [-0.15, -0.1) is 0 Å². The van der Waals surface area contributed by atoms with Crippen molar-refractivity contribution in [3.8, 4) is 5.75 Å². The average molecular weight is 373 g/mol. The first-order valence-electron chi connectivity index (χ1n) is 8.02. The summed E-state index contributed by atoms with van der Waals surface area (Å²) < 4.78 is 10.4. The van der Waals surface area contributed by atoms with Crippen molar-refractivity contribution in [2.45, 2.75) is 12.8 Å². The molecule has 1 amide bonds. The Morgan fingerprint density at radius 2 is 1.88 bits per heavy atom. The van der Waals surface area contributed by atoms with Crippen molar-refractivity contribution in [1.29, 1.82) is 0 Å². The first-order valence-corrected chi connectivity index (χ1v) is 8.40. The Morgan fingerprint density at radius 3 is 2.50 bits per heavy atom. The molecular formula is C20H21ClN2O3. The predicted octanol–water partition coefficient (Wildman–Crippen LogP) is 4.78. The Balaban J connectivity index is 1.93. The molecule has 2 aromatic rings. The van der Waals surface area contributed by atoms with Crippen molar-refractivity contribution in [2.75, 3.05) is 19.5 Å². The molecule has 0 atom stereocenters. The average Bonchev–Trinajstić information content (AvgIpc) is 2.65. The van der Waals surface area contributed by atoms with Gasteiger partial charge in [0.25, 0.3) is 0 Å². The van der Waals surface area contributed by atoms with Crippen LogP contribution in [0.3, 0.4) is 0 Å². The standard InChI is InChI=1S/C20H21ClN2O3/c1-14(15-7-9-18(25-2)10-8-15)22-20(26-3)12-11-19(24)23-17-6-4-5-16(21)13-17/h4-10,13H,1,11-12H2,2-3H3,(H,23,24). The molecule has 136 valence electrons. The Labute approximate surface area is 158 Å². The van der Waals surface area contributed by atoms with Crippen molar-refractivity contribution in [1.82, 2.24) is 0 Å². The van der Waals surface area contributed by atoms with Crippen molar-refractivity contribution >= 4 is 34.8 Å². The van der Waals surface area contributed by atoms with E-state index in [9.17, 15) is 4.79 Å². The second-order valence-electron chi connectivity index (χ2n) is 5.44. The Kier molecular flexibility index (Phi) is 7.24. The fourth-order valence-electron chi connectivity index (χ4n) is 2.21. The molecule has 0 unspecified atom stereocenters. The van der Waals surface area contributed by atoms with Gasteiger partial charge in [0, 0.05) is 23.6 Å². The molecule has 0 aromatic heterocycles. The highest BCUT2D eigenvalue weighted by Crippen LogP contribution is 2.19. The molecule has 1 N–H and O–H groups in total. The van der Waals surface area contributed by atoms with E-state index >= 15 is 0 Å². The van der Waals surface area contributed by atoms with Crippen LogP contribution in [0, 0.1) is 0 Å². The zero-order chi connectivity index (χ0) is 18.9. The molecule has 0 radical (unpaired) electrons. The number of benzene rings is 2. The van der Waals surface area contributed by atoms with E-state index in [4.69, 9.17) is 21.1 Å². The summed E-state index contributed by atoms with van der Waals surface area (Å²) in [6.07, 6.45) is 0.590. The summed E-state index contributed by atoms with van der Waals surface area (Å²) in [7, 11) is 3.13. The van der Waals surface area contributed by atoms with Gasteiger partial charge in [0.15, 0.2) is 5.90 Å².